The summed E-state index contributed by atoms with van der Waals surface area (Å²) >= 11 is 0. The van der Waals surface area contributed by atoms with Crippen molar-refractivity contribution >= 4 is 11.9 Å². The van der Waals surface area contributed by atoms with Crippen LogP contribution in [0.5, 0.6) is 0 Å². The fourth-order valence-electron chi connectivity index (χ4n) is 4.60. The Kier molecular flexibility index (Phi) is 30.6. The summed E-state index contributed by atoms with van der Waals surface area (Å²) < 4.78 is 10.5. The van der Waals surface area contributed by atoms with Crippen molar-refractivity contribution in [3.8, 4) is 0 Å². The number of allylic oxidation sites excluding steroid dienone is 6. The van der Waals surface area contributed by atoms with Gasteiger partial charge in [0, 0.05) is 12.8 Å². The van der Waals surface area contributed by atoms with Crippen LogP contribution in [0.3, 0.4) is 0 Å². The fourth-order valence-corrected chi connectivity index (χ4v) is 4.60. The number of carbonyl (C=O) groups excluding carboxylic acids is 2. The van der Waals surface area contributed by atoms with Crippen molar-refractivity contribution in [2.45, 2.75) is 161 Å². The number of hydrogen-bond acceptors (Lipinski definition) is 6. The van der Waals surface area contributed by atoms with Crippen molar-refractivity contribution in [1.82, 2.24) is 0 Å². The van der Waals surface area contributed by atoms with E-state index < -0.39 is 18.2 Å². The van der Waals surface area contributed by atoms with Crippen molar-refractivity contribution in [2.75, 3.05) is 13.2 Å². The SMILES string of the molecule is CCCCC/C=C\C=C/[C@H](O)C/C=C\C/C=C/CCCC(=O)O[C@@H](CO)COC(=O)CCCCCCCCCCC(C)CC. The lowest BCUT2D eigenvalue weighted by molar-refractivity contribution is -0.161. The highest BCUT2D eigenvalue weighted by Crippen LogP contribution is 2.15. The maximum absolute atomic E-state index is 12.1. The molecule has 6 nitrogen and oxygen atoms in total. The van der Waals surface area contributed by atoms with Gasteiger partial charge in [-0.25, -0.2) is 0 Å². The molecule has 0 aliphatic carbocycles. The van der Waals surface area contributed by atoms with Crippen molar-refractivity contribution in [3.05, 3.63) is 48.6 Å². The summed E-state index contributed by atoms with van der Waals surface area (Å²) in [6, 6.07) is 0. The maximum atomic E-state index is 12.1. The standard InChI is InChI=1S/C38H66O6/c1-4-6-7-8-12-18-23-28-35(40)29-24-19-14-11-16-21-26-31-38(42)44-36(32-39)33-43-37(41)30-25-20-15-10-9-13-17-22-27-34(3)5-2/h11-12,16,18-19,23-24,28,34-36,39-40H,4-10,13-15,17,20-22,25-27,29-33H2,1-3H3/b16-11+,18-12-,24-19-,28-23-/t34?,35-,36-/m0/s1. The summed E-state index contributed by atoms with van der Waals surface area (Å²) in [5.74, 6) is 0.145. The van der Waals surface area contributed by atoms with Gasteiger partial charge >= 0.3 is 11.9 Å². The summed E-state index contributed by atoms with van der Waals surface area (Å²) in [5.41, 5.74) is 0. The van der Waals surface area contributed by atoms with Crippen molar-refractivity contribution in [1.29, 1.82) is 0 Å². The van der Waals surface area contributed by atoms with Crippen molar-refractivity contribution in [2.24, 2.45) is 5.92 Å². The van der Waals surface area contributed by atoms with Crippen LogP contribution in [0.15, 0.2) is 48.6 Å². The molecule has 0 aliphatic heterocycles. The van der Waals surface area contributed by atoms with Crippen LogP contribution in [0.25, 0.3) is 0 Å². The molecule has 1 unspecified atom stereocenters. The molecule has 0 aromatic heterocycles. The third-order valence-corrected chi connectivity index (χ3v) is 7.75. The van der Waals surface area contributed by atoms with Gasteiger partial charge in [0.1, 0.15) is 6.61 Å². The van der Waals surface area contributed by atoms with Gasteiger partial charge in [-0.15, -0.1) is 0 Å². The Morgan fingerprint density at radius 2 is 1.39 bits per heavy atom. The summed E-state index contributed by atoms with van der Waals surface area (Å²) in [5, 5.41) is 19.5. The second-order valence-electron chi connectivity index (χ2n) is 12.0. The number of aliphatic hydroxyl groups excluding tert-OH is 2. The normalized spacial score (nSPS) is 14.2. The molecule has 0 spiro atoms. The first kappa shape index (κ1) is 41.8. The van der Waals surface area contributed by atoms with E-state index in [1.807, 2.05) is 36.5 Å². The Bertz CT molecular complexity index is 784. The lowest BCUT2D eigenvalue weighted by Crippen LogP contribution is -2.28. The molecule has 0 bridgehead atoms. The Morgan fingerprint density at radius 3 is 2.09 bits per heavy atom. The van der Waals surface area contributed by atoms with Crippen LogP contribution in [0.2, 0.25) is 0 Å². The summed E-state index contributed by atoms with van der Waals surface area (Å²) in [6.07, 6.45) is 34.8. The zero-order valence-electron chi connectivity index (χ0n) is 28.4. The van der Waals surface area contributed by atoms with Crippen LogP contribution in [0.4, 0.5) is 0 Å². The van der Waals surface area contributed by atoms with Crippen LogP contribution >= 0.6 is 0 Å². The average molecular weight is 619 g/mol. The molecule has 0 saturated carbocycles. The van der Waals surface area contributed by atoms with E-state index in [0.717, 1.165) is 44.4 Å². The molecule has 0 aromatic rings. The number of ether oxygens (including phenoxy) is 2. The van der Waals surface area contributed by atoms with Gasteiger partial charge in [-0.3, -0.25) is 9.59 Å². The van der Waals surface area contributed by atoms with Gasteiger partial charge in [0.2, 0.25) is 0 Å². The molecule has 0 aliphatic rings. The van der Waals surface area contributed by atoms with E-state index in [2.05, 4.69) is 26.8 Å². The number of rotatable bonds is 30. The molecule has 6 heteroatoms. The van der Waals surface area contributed by atoms with Gasteiger partial charge in [0.15, 0.2) is 6.10 Å². The number of esters is 2. The molecular weight excluding hydrogens is 552 g/mol. The monoisotopic (exact) mass is 618 g/mol. The van der Waals surface area contributed by atoms with Crippen molar-refractivity contribution < 1.29 is 29.3 Å². The second-order valence-corrected chi connectivity index (χ2v) is 12.0. The van der Waals surface area contributed by atoms with Crippen LogP contribution in [-0.2, 0) is 19.1 Å². The van der Waals surface area contributed by atoms with Gasteiger partial charge in [-0.05, 0) is 50.9 Å². The zero-order valence-corrected chi connectivity index (χ0v) is 28.4. The molecular formula is C38H66O6. The van der Waals surface area contributed by atoms with Gasteiger partial charge in [0.05, 0.1) is 12.7 Å². The van der Waals surface area contributed by atoms with E-state index in [0.29, 0.717) is 19.3 Å². The van der Waals surface area contributed by atoms with Gasteiger partial charge in [-0.1, -0.05) is 140 Å². The molecule has 44 heavy (non-hydrogen) atoms. The fraction of sp³-hybridized carbons (Fsp3) is 0.737. The molecule has 2 N–H and O–H groups in total. The molecule has 0 rings (SSSR count). The Hall–Kier alpha value is -2.18. The minimum atomic E-state index is -0.820. The Morgan fingerprint density at radius 1 is 0.727 bits per heavy atom. The van der Waals surface area contributed by atoms with E-state index in [1.54, 1.807) is 6.08 Å². The highest BCUT2D eigenvalue weighted by atomic mass is 16.6. The molecule has 0 amide bonds. The zero-order chi connectivity index (χ0) is 32.5. The van der Waals surface area contributed by atoms with E-state index in [1.165, 1.54) is 64.2 Å². The van der Waals surface area contributed by atoms with Gasteiger partial charge < -0.3 is 19.7 Å². The molecule has 254 valence electrons. The number of hydrogen-bond donors (Lipinski definition) is 2. The predicted octanol–water partition coefficient (Wildman–Crippen LogP) is 9.50. The quantitative estimate of drug-likeness (QED) is 0.0360. The van der Waals surface area contributed by atoms with Crippen LogP contribution in [0, 0.1) is 5.92 Å². The highest BCUT2D eigenvalue weighted by molar-refractivity contribution is 5.70. The molecule has 0 radical (unpaired) electrons. The lowest BCUT2D eigenvalue weighted by Gasteiger charge is -2.15. The van der Waals surface area contributed by atoms with Crippen LogP contribution in [-0.4, -0.2) is 47.6 Å². The number of aliphatic hydroxyl groups is 2. The summed E-state index contributed by atoms with van der Waals surface area (Å²) in [6.45, 7) is 6.30. The second kappa shape index (κ2) is 32.2. The summed E-state index contributed by atoms with van der Waals surface area (Å²) in [7, 11) is 0. The van der Waals surface area contributed by atoms with Crippen LogP contribution < -0.4 is 0 Å². The third kappa shape index (κ3) is 29.9. The van der Waals surface area contributed by atoms with E-state index in [4.69, 9.17) is 9.47 Å². The molecule has 0 aromatic carbocycles. The highest BCUT2D eigenvalue weighted by Gasteiger charge is 2.16. The number of unbranched alkanes of at least 4 members (excludes halogenated alkanes) is 11. The van der Waals surface area contributed by atoms with Gasteiger partial charge in [0.25, 0.3) is 0 Å². The van der Waals surface area contributed by atoms with Crippen LogP contribution in [0.1, 0.15) is 149 Å². The van der Waals surface area contributed by atoms with E-state index in [-0.39, 0.29) is 25.6 Å². The summed E-state index contributed by atoms with van der Waals surface area (Å²) in [4.78, 5) is 24.1. The first-order valence-corrected chi connectivity index (χ1v) is 17.7. The topological polar surface area (TPSA) is 93.1 Å². The number of carbonyl (C=O) groups is 2. The van der Waals surface area contributed by atoms with E-state index >= 15 is 0 Å². The molecule has 3 atom stereocenters. The maximum Gasteiger partial charge on any atom is 0.306 e. The first-order valence-electron chi connectivity index (χ1n) is 17.7. The first-order chi connectivity index (χ1) is 21.4. The van der Waals surface area contributed by atoms with Gasteiger partial charge in [-0.2, -0.15) is 0 Å². The molecule has 0 heterocycles. The molecule has 0 fully saturated rings. The molecule has 0 saturated heterocycles. The smallest absolute Gasteiger partial charge is 0.306 e. The minimum Gasteiger partial charge on any atom is -0.462 e. The third-order valence-electron chi connectivity index (χ3n) is 7.75. The van der Waals surface area contributed by atoms with E-state index in [9.17, 15) is 19.8 Å². The predicted molar refractivity (Wildman–Crippen MR) is 183 cm³/mol. The lowest BCUT2D eigenvalue weighted by atomic mass is 9.99. The Labute approximate surface area is 270 Å². The largest absolute Gasteiger partial charge is 0.462 e. The average Bonchev–Trinajstić information content (AvgIpc) is 3.02. The Balaban J connectivity index is 3.79. The van der Waals surface area contributed by atoms with Crippen molar-refractivity contribution in [3.63, 3.8) is 0 Å². The minimum absolute atomic E-state index is 0.107.